The van der Waals surface area contributed by atoms with Crippen LogP contribution in [0.15, 0.2) is 33.4 Å². The number of rotatable bonds is 3. The summed E-state index contributed by atoms with van der Waals surface area (Å²) in [5.41, 5.74) is 1.83. The Morgan fingerprint density at radius 2 is 2.28 bits per heavy atom. The third-order valence-corrected chi connectivity index (χ3v) is 4.11. The van der Waals surface area contributed by atoms with Crippen LogP contribution in [0.4, 0.5) is 10.1 Å². The van der Waals surface area contributed by atoms with Crippen molar-refractivity contribution >= 4 is 33.0 Å². The number of anilines is 1. The van der Waals surface area contributed by atoms with E-state index in [2.05, 4.69) is 15.9 Å². The first-order chi connectivity index (χ1) is 8.61. The summed E-state index contributed by atoms with van der Waals surface area (Å²) < 4.78 is 14.6. The summed E-state index contributed by atoms with van der Waals surface area (Å²) >= 11 is 5.01. The van der Waals surface area contributed by atoms with E-state index >= 15 is 0 Å². The number of nitrogens with zero attached hydrogens (tertiary/aromatic N) is 2. The second kappa shape index (κ2) is 5.51. The lowest BCUT2D eigenvalue weighted by molar-refractivity contribution is 0.623. The summed E-state index contributed by atoms with van der Waals surface area (Å²) in [5.74, 6) is -0.478. The molecule has 2 aromatic rings. The van der Waals surface area contributed by atoms with Crippen LogP contribution in [0.2, 0.25) is 0 Å². The fourth-order valence-corrected chi connectivity index (χ4v) is 2.93. The van der Waals surface area contributed by atoms with E-state index in [0.717, 1.165) is 9.35 Å². The molecule has 1 heterocycles. The van der Waals surface area contributed by atoms with E-state index in [0.29, 0.717) is 12.2 Å². The maximum absolute atomic E-state index is 13.5. The fourth-order valence-electron chi connectivity index (χ4n) is 1.73. The van der Waals surface area contributed by atoms with Gasteiger partial charge in [-0.25, -0.2) is 4.39 Å². The van der Waals surface area contributed by atoms with Gasteiger partial charge in [-0.1, -0.05) is 6.07 Å². The number of benzene rings is 1. The van der Waals surface area contributed by atoms with Gasteiger partial charge < -0.3 is 4.90 Å². The summed E-state index contributed by atoms with van der Waals surface area (Å²) in [7, 11) is 1.85. The molecule has 0 saturated heterocycles. The number of hydrogen-bond acceptors (Lipinski definition) is 3. The van der Waals surface area contributed by atoms with Gasteiger partial charge in [-0.2, -0.15) is 5.26 Å². The van der Waals surface area contributed by atoms with E-state index in [1.165, 1.54) is 6.07 Å². The minimum Gasteiger partial charge on any atom is -0.369 e. The zero-order chi connectivity index (χ0) is 13.1. The summed E-state index contributed by atoms with van der Waals surface area (Å²) in [4.78, 5) is 1.87. The highest BCUT2D eigenvalue weighted by atomic mass is 79.9. The lowest BCUT2D eigenvalue weighted by Gasteiger charge is -2.20. The summed E-state index contributed by atoms with van der Waals surface area (Å²) in [6.45, 7) is 0.639. The molecule has 2 rings (SSSR count). The Morgan fingerprint density at radius 3 is 2.89 bits per heavy atom. The first kappa shape index (κ1) is 13.1. The highest BCUT2D eigenvalue weighted by molar-refractivity contribution is 9.11. The molecular formula is C13H10BrFN2S. The van der Waals surface area contributed by atoms with Crippen molar-refractivity contribution in [2.45, 2.75) is 6.54 Å². The van der Waals surface area contributed by atoms with Crippen molar-refractivity contribution in [2.24, 2.45) is 0 Å². The maximum atomic E-state index is 13.5. The summed E-state index contributed by atoms with van der Waals surface area (Å²) in [6, 6.07) is 8.61. The molecule has 1 aromatic carbocycles. The van der Waals surface area contributed by atoms with Gasteiger partial charge in [0.1, 0.15) is 17.4 Å². The molecule has 0 bridgehead atoms. The van der Waals surface area contributed by atoms with Gasteiger partial charge in [0.25, 0.3) is 0 Å². The minimum absolute atomic E-state index is 0.0919. The van der Waals surface area contributed by atoms with E-state index in [1.807, 2.05) is 29.5 Å². The lowest BCUT2D eigenvalue weighted by Crippen LogP contribution is -2.17. The van der Waals surface area contributed by atoms with E-state index in [9.17, 15) is 4.39 Å². The van der Waals surface area contributed by atoms with Crippen LogP contribution in [0, 0.1) is 17.1 Å². The second-order valence-corrected chi connectivity index (χ2v) is 6.15. The highest BCUT2D eigenvalue weighted by Crippen LogP contribution is 2.26. The van der Waals surface area contributed by atoms with Crippen LogP contribution < -0.4 is 4.90 Å². The Kier molecular flexibility index (Phi) is 4.00. The molecule has 0 atom stereocenters. The lowest BCUT2D eigenvalue weighted by atomic mass is 10.1. The van der Waals surface area contributed by atoms with Gasteiger partial charge in [0.15, 0.2) is 0 Å². The average Bonchev–Trinajstić information content (AvgIpc) is 2.74. The van der Waals surface area contributed by atoms with E-state index in [1.54, 1.807) is 23.5 Å². The molecule has 1 aromatic heterocycles. The molecule has 0 fully saturated rings. The standard InChI is InChI=1S/C13H10BrFN2S/c1-17(7-9-5-13(14)18-8-9)12-4-2-3-11(15)10(12)6-16/h2-5,8H,7H2,1H3. The Balaban J connectivity index is 2.27. The van der Waals surface area contributed by atoms with E-state index in [4.69, 9.17) is 5.26 Å². The van der Waals surface area contributed by atoms with Gasteiger partial charge in [-0.05, 0) is 45.1 Å². The molecule has 0 radical (unpaired) electrons. The largest absolute Gasteiger partial charge is 0.369 e. The van der Waals surface area contributed by atoms with Gasteiger partial charge in [0.2, 0.25) is 0 Å². The smallest absolute Gasteiger partial charge is 0.143 e. The van der Waals surface area contributed by atoms with Crippen LogP contribution >= 0.6 is 27.3 Å². The van der Waals surface area contributed by atoms with Crippen molar-refractivity contribution in [3.05, 3.63) is 50.4 Å². The highest BCUT2D eigenvalue weighted by Gasteiger charge is 2.12. The van der Waals surface area contributed by atoms with Crippen molar-refractivity contribution < 1.29 is 4.39 Å². The predicted octanol–water partition coefficient (Wildman–Crippen LogP) is 4.16. The quantitative estimate of drug-likeness (QED) is 0.847. The molecule has 0 aliphatic rings. The van der Waals surface area contributed by atoms with Gasteiger partial charge in [-0.3, -0.25) is 0 Å². The van der Waals surface area contributed by atoms with Crippen LogP contribution in [0.5, 0.6) is 0 Å². The van der Waals surface area contributed by atoms with Crippen molar-refractivity contribution in [1.29, 1.82) is 5.26 Å². The zero-order valence-corrected chi connectivity index (χ0v) is 12.1. The van der Waals surface area contributed by atoms with E-state index in [-0.39, 0.29) is 5.56 Å². The number of halogens is 2. The summed E-state index contributed by atoms with van der Waals surface area (Å²) in [5, 5.41) is 11.0. The first-order valence-electron chi connectivity index (χ1n) is 5.24. The molecule has 0 unspecified atom stereocenters. The maximum Gasteiger partial charge on any atom is 0.143 e. The van der Waals surface area contributed by atoms with E-state index < -0.39 is 5.82 Å². The second-order valence-electron chi connectivity index (χ2n) is 3.86. The van der Waals surface area contributed by atoms with Crippen LogP contribution in [-0.4, -0.2) is 7.05 Å². The molecule has 0 amide bonds. The summed E-state index contributed by atoms with van der Waals surface area (Å²) in [6.07, 6.45) is 0. The van der Waals surface area contributed by atoms with Crippen molar-refractivity contribution in [3.8, 4) is 6.07 Å². The molecule has 0 N–H and O–H groups in total. The average molecular weight is 325 g/mol. The van der Waals surface area contributed by atoms with Crippen molar-refractivity contribution in [2.75, 3.05) is 11.9 Å². The predicted molar refractivity (Wildman–Crippen MR) is 75.2 cm³/mol. The SMILES string of the molecule is CN(Cc1csc(Br)c1)c1cccc(F)c1C#N. The number of thiophene rings is 1. The van der Waals surface area contributed by atoms with Crippen molar-refractivity contribution in [1.82, 2.24) is 0 Å². The minimum atomic E-state index is -0.478. The molecule has 0 spiro atoms. The molecule has 0 saturated carbocycles. The normalized spacial score (nSPS) is 10.1. The Bertz CT molecular complexity index is 603. The molecule has 5 heteroatoms. The third kappa shape index (κ3) is 2.71. The van der Waals surface area contributed by atoms with Crippen LogP contribution in [0.25, 0.3) is 0 Å². The number of hydrogen-bond donors (Lipinski definition) is 0. The zero-order valence-electron chi connectivity index (χ0n) is 9.65. The van der Waals surface area contributed by atoms with Crippen LogP contribution in [0.1, 0.15) is 11.1 Å². The first-order valence-corrected chi connectivity index (χ1v) is 6.91. The van der Waals surface area contributed by atoms with Gasteiger partial charge in [0, 0.05) is 13.6 Å². The molecule has 92 valence electrons. The van der Waals surface area contributed by atoms with Gasteiger partial charge in [0.05, 0.1) is 9.47 Å². The molecular weight excluding hydrogens is 315 g/mol. The van der Waals surface area contributed by atoms with Gasteiger partial charge >= 0.3 is 0 Å². The van der Waals surface area contributed by atoms with Gasteiger partial charge in [-0.15, -0.1) is 11.3 Å². The Labute approximate surface area is 117 Å². The Morgan fingerprint density at radius 1 is 1.50 bits per heavy atom. The van der Waals surface area contributed by atoms with Crippen molar-refractivity contribution in [3.63, 3.8) is 0 Å². The third-order valence-electron chi connectivity index (χ3n) is 2.56. The Hall–Kier alpha value is -1.38. The topological polar surface area (TPSA) is 27.0 Å². The van der Waals surface area contributed by atoms with Crippen LogP contribution in [-0.2, 0) is 6.54 Å². The fraction of sp³-hybridized carbons (Fsp3) is 0.154. The number of nitriles is 1. The molecule has 18 heavy (non-hydrogen) atoms. The van der Waals surface area contributed by atoms with Crippen LogP contribution in [0.3, 0.4) is 0 Å². The molecule has 0 aliphatic carbocycles. The molecule has 0 aliphatic heterocycles. The monoisotopic (exact) mass is 324 g/mol. The molecule has 2 nitrogen and oxygen atoms in total.